The first-order valence-corrected chi connectivity index (χ1v) is 10.2. The Morgan fingerprint density at radius 1 is 0.645 bits per heavy atom. The number of benzene rings is 5. The number of hydrogen-bond acceptors (Lipinski definition) is 3. The molecule has 31 heavy (non-hydrogen) atoms. The molecule has 0 saturated heterocycles. The standard InChI is InChI=1S/C28H20O3/c29-24-16-14-20-10-4-6-12-22(20)27(24)28-23-13-7-5-11-21(23)15-17-25(28)31-26(30)18-19-8-2-1-3-9-19/h1-17,29H,18H2. The molecule has 3 heteroatoms. The lowest BCUT2D eigenvalue weighted by Gasteiger charge is -2.16. The fourth-order valence-electron chi connectivity index (χ4n) is 4.04. The molecule has 1 N–H and O–H groups in total. The third kappa shape index (κ3) is 3.62. The van der Waals surface area contributed by atoms with E-state index in [9.17, 15) is 9.90 Å². The number of carbonyl (C=O) groups is 1. The SMILES string of the molecule is O=C(Cc1ccccc1)Oc1ccc2ccccc2c1-c1c(O)ccc2ccccc12. The molecule has 0 fully saturated rings. The summed E-state index contributed by atoms with van der Waals surface area (Å²) in [5.41, 5.74) is 2.27. The van der Waals surface area contributed by atoms with Gasteiger partial charge < -0.3 is 9.84 Å². The van der Waals surface area contributed by atoms with Crippen LogP contribution in [-0.4, -0.2) is 11.1 Å². The van der Waals surface area contributed by atoms with E-state index in [-0.39, 0.29) is 18.1 Å². The fraction of sp³-hybridized carbons (Fsp3) is 0.0357. The van der Waals surface area contributed by atoms with Gasteiger partial charge in [-0.15, -0.1) is 0 Å². The highest BCUT2D eigenvalue weighted by molar-refractivity contribution is 6.10. The quantitative estimate of drug-likeness (QED) is 0.274. The van der Waals surface area contributed by atoms with Crippen molar-refractivity contribution in [1.29, 1.82) is 0 Å². The van der Waals surface area contributed by atoms with Crippen LogP contribution in [0.1, 0.15) is 5.56 Å². The molecule has 0 heterocycles. The molecule has 0 aliphatic rings. The normalized spacial score (nSPS) is 11.0. The van der Waals surface area contributed by atoms with Gasteiger partial charge in [0.05, 0.1) is 6.42 Å². The number of phenolic OH excluding ortho intramolecular Hbond substituents is 1. The summed E-state index contributed by atoms with van der Waals surface area (Å²) in [6, 6.07) is 32.6. The summed E-state index contributed by atoms with van der Waals surface area (Å²) in [5.74, 6) is 0.240. The predicted octanol–water partition coefficient (Wildman–Crippen LogP) is 6.51. The van der Waals surface area contributed by atoms with E-state index >= 15 is 0 Å². The van der Waals surface area contributed by atoms with Crippen molar-refractivity contribution >= 4 is 27.5 Å². The van der Waals surface area contributed by atoms with E-state index in [1.807, 2.05) is 97.1 Å². The average molecular weight is 404 g/mol. The molecule has 0 amide bonds. The van der Waals surface area contributed by atoms with Crippen LogP contribution in [-0.2, 0) is 11.2 Å². The van der Waals surface area contributed by atoms with Gasteiger partial charge in [-0.1, -0.05) is 91.0 Å². The first kappa shape index (κ1) is 18.9. The molecular formula is C28H20O3. The molecule has 0 spiro atoms. The summed E-state index contributed by atoms with van der Waals surface area (Å²) >= 11 is 0. The van der Waals surface area contributed by atoms with E-state index in [4.69, 9.17) is 4.74 Å². The molecule has 5 rings (SSSR count). The van der Waals surface area contributed by atoms with Gasteiger partial charge in [0.25, 0.3) is 0 Å². The molecular weight excluding hydrogens is 384 g/mol. The van der Waals surface area contributed by atoms with Crippen molar-refractivity contribution in [3.63, 3.8) is 0 Å². The lowest BCUT2D eigenvalue weighted by molar-refractivity contribution is -0.133. The Morgan fingerprint density at radius 2 is 1.23 bits per heavy atom. The zero-order valence-electron chi connectivity index (χ0n) is 16.8. The zero-order chi connectivity index (χ0) is 21.2. The molecule has 0 aromatic heterocycles. The largest absolute Gasteiger partial charge is 0.507 e. The Hall–Kier alpha value is -4.11. The smallest absolute Gasteiger partial charge is 0.315 e. The van der Waals surface area contributed by atoms with Crippen LogP contribution in [0, 0.1) is 0 Å². The van der Waals surface area contributed by atoms with Gasteiger partial charge in [-0.2, -0.15) is 0 Å². The molecule has 0 bridgehead atoms. The summed E-state index contributed by atoms with van der Waals surface area (Å²) in [6.45, 7) is 0. The third-order valence-electron chi connectivity index (χ3n) is 5.46. The van der Waals surface area contributed by atoms with E-state index in [1.165, 1.54) is 0 Å². The molecule has 0 aliphatic heterocycles. The van der Waals surface area contributed by atoms with Crippen molar-refractivity contribution < 1.29 is 14.6 Å². The van der Waals surface area contributed by atoms with E-state index in [0.717, 1.165) is 27.1 Å². The molecule has 5 aromatic carbocycles. The van der Waals surface area contributed by atoms with E-state index in [0.29, 0.717) is 16.9 Å². The van der Waals surface area contributed by atoms with Gasteiger partial charge in [-0.05, 0) is 39.2 Å². The minimum absolute atomic E-state index is 0.149. The maximum absolute atomic E-state index is 12.8. The third-order valence-corrected chi connectivity index (χ3v) is 5.46. The average Bonchev–Trinajstić information content (AvgIpc) is 2.80. The monoisotopic (exact) mass is 404 g/mol. The number of phenols is 1. The Labute approximate surface area is 180 Å². The summed E-state index contributed by atoms with van der Waals surface area (Å²) in [7, 11) is 0. The van der Waals surface area contributed by atoms with Crippen LogP contribution >= 0.6 is 0 Å². The van der Waals surface area contributed by atoms with Crippen LogP contribution in [0.5, 0.6) is 11.5 Å². The Kier molecular flexibility index (Phi) is 4.85. The molecule has 0 saturated carbocycles. The molecule has 5 aromatic rings. The Morgan fingerprint density at radius 3 is 1.94 bits per heavy atom. The molecule has 0 unspecified atom stereocenters. The first-order valence-electron chi connectivity index (χ1n) is 10.2. The molecule has 0 radical (unpaired) electrons. The van der Waals surface area contributed by atoms with E-state index < -0.39 is 0 Å². The lowest BCUT2D eigenvalue weighted by Crippen LogP contribution is -2.12. The summed E-state index contributed by atoms with van der Waals surface area (Å²) in [6.07, 6.45) is 0.175. The number of fused-ring (bicyclic) bond motifs is 2. The first-order chi connectivity index (χ1) is 15.2. The van der Waals surface area contributed by atoms with Crippen molar-refractivity contribution in [2.24, 2.45) is 0 Å². The summed E-state index contributed by atoms with van der Waals surface area (Å²) < 4.78 is 5.87. The highest BCUT2D eigenvalue weighted by Crippen LogP contribution is 2.45. The van der Waals surface area contributed by atoms with Gasteiger partial charge in [0, 0.05) is 11.1 Å². The second-order valence-corrected chi connectivity index (χ2v) is 7.48. The number of hydrogen-bond donors (Lipinski definition) is 1. The lowest BCUT2D eigenvalue weighted by atomic mass is 9.92. The van der Waals surface area contributed by atoms with Gasteiger partial charge in [0.2, 0.25) is 0 Å². The maximum atomic E-state index is 12.8. The number of ether oxygens (including phenoxy) is 1. The minimum Gasteiger partial charge on any atom is -0.507 e. The zero-order valence-corrected chi connectivity index (χ0v) is 16.8. The van der Waals surface area contributed by atoms with Gasteiger partial charge in [0.15, 0.2) is 0 Å². The van der Waals surface area contributed by atoms with Gasteiger partial charge in [-0.3, -0.25) is 4.79 Å². The van der Waals surface area contributed by atoms with Crippen molar-refractivity contribution in [2.75, 3.05) is 0 Å². The van der Waals surface area contributed by atoms with E-state index in [2.05, 4.69) is 0 Å². The molecule has 0 aliphatic carbocycles. The molecule has 3 nitrogen and oxygen atoms in total. The minimum atomic E-state index is -0.345. The van der Waals surface area contributed by atoms with Crippen LogP contribution in [0.4, 0.5) is 0 Å². The van der Waals surface area contributed by atoms with Crippen molar-refractivity contribution in [1.82, 2.24) is 0 Å². The van der Waals surface area contributed by atoms with Crippen LogP contribution < -0.4 is 4.74 Å². The fourth-order valence-corrected chi connectivity index (χ4v) is 4.04. The van der Waals surface area contributed by atoms with Crippen molar-refractivity contribution in [3.8, 4) is 22.6 Å². The summed E-state index contributed by atoms with van der Waals surface area (Å²) in [5, 5.41) is 14.7. The molecule has 0 atom stereocenters. The number of esters is 1. The van der Waals surface area contributed by atoms with Gasteiger partial charge >= 0.3 is 5.97 Å². The maximum Gasteiger partial charge on any atom is 0.315 e. The highest BCUT2D eigenvalue weighted by atomic mass is 16.5. The number of aromatic hydroxyl groups is 1. The topological polar surface area (TPSA) is 46.5 Å². The highest BCUT2D eigenvalue weighted by Gasteiger charge is 2.19. The summed E-state index contributed by atoms with van der Waals surface area (Å²) in [4.78, 5) is 12.8. The number of carbonyl (C=O) groups excluding carboxylic acids is 1. The molecule has 150 valence electrons. The Balaban J connectivity index is 1.69. The second-order valence-electron chi connectivity index (χ2n) is 7.48. The van der Waals surface area contributed by atoms with Crippen LogP contribution in [0.3, 0.4) is 0 Å². The number of rotatable bonds is 4. The predicted molar refractivity (Wildman–Crippen MR) is 124 cm³/mol. The van der Waals surface area contributed by atoms with Crippen LogP contribution in [0.2, 0.25) is 0 Å². The van der Waals surface area contributed by atoms with Crippen molar-refractivity contribution in [2.45, 2.75) is 6.42 Å². The van der Waals surface area contributed by atoms with Gasteiger partial charge in [0.1, 0.15) is 11.5 Å². The van der Waals surface area contributed by atoms with E-state index in [1.54, 1.807) is 6.07 Å². The second kappa shape index (κ2) is 7.96. The van der Waals surface area contributed by atoms with Crippen LogP contribution in [0.15, 0.2) is 103 Å². The Bertz CT molecular complexity index is 1400. The van der Waals surface area contributed by atoms with Gasteiger partial charge in [-0.25, -0.2) is 0 Å². The van der Waals surface area contributed by atoms with Crippen molar-refractivity contribution in [3.05, 3.63) is 109 Å². The van der Waals surface area contributed by atoms with Crippen LogP contribution in [0.25, 0.3) is 32.7 Å².